The molecule has 0 saturated heterocycles. The van der Waals surface area contributed by atoms with Crippen molar-refractivity contribution in [1.29, 1.82) is 0 Å². The molecule has 0 radical (unpaired) electrons. The van der Waals surface area contributed by atoms with E-state index in [1.807, 2.05) is 36.4 Å². The van der Waals surface area contributed by atoms with Crippen LogP contribution in [0.15, 0.2) is 72.8 Å². The second kappa shape index (κ2) is 6.41. The van der Waals surface area contributed by atoms with E-state index in [1.165, 1.54) is 16.7 Å². The maximum absolute atomic E-state index is 9.69. The average molecular weight is 346 g/mol. The van der Waals surface area contributed by atoms with Gasteiger partial charge in [0.25, 0.3) is 0 Å². The van der Waals surface area contributed by atoms with Crippen LogP contribution in [0, 0.1) is 0 Å². The summed E-state index contributed by atoms with van der Waals surface area (Å²) in [5.41, 5.74) is 3.45. The van der Waals surface area contributed by atoms with E-state index in [9.17, 15) is 15.3 Å². The molecule has 3 nitrogen and oxygen atoms in total. The van der Waals surface area contributed by atoms with Crippen LogP contribution in [-0.4, -0.2) is 15.3 Å². The van der Waals surface area contributed by atoms with Crippen molar-refractivity contribution >= 4 is 0 Å². The molecule has 0 aromatic heterocycles. The first-order valence-corrected chi connectivity index (χ1v) is 8.95. The highest BCUT2D eigenvalue weighted by Crippen LogP contribution is 2.52. The third-order valence-electron chi connectivity index (χ3n) is 5.72. The lowest BCUT2D eigenvalue weighted by atomic mass is 9.72. The summed E-state index contributed by atoms with van der Waals surface area (Å²) in [5.74, 6) is 1.22. The number of aromatic hydroxyl groups is 3. The summed E-state index contributed by atoms with van der Waals surface area (Å²) in [6.45, 7) is 0. The number of rotatable bonds is 3. The van der Waals surface area contributed by atoms with Crippen LogP contribution in [0.3, 0.4) is 0 Å². The Morgan fingerprint density at radius 3 is 1.50 bits per heavy atom. The first-order chi connectivity index (χ1) is 12.6. The van der Waals surface area contributed by atoms with E-state index >= 15 is 0 Å². The number of hydrogen-bond acceptors (Lipinski definition) is 3. The van der Waals surface area contributed by atoms with Crippen molar-refractivity contribution < 1.29 is 15.3 Å². The second-order valence-corrected chi connectivity index (χ2v) is 7.21. The van der Waals surface area contributed by atoms with Crippen LogP contribution in [0.5, 0.6) is 17.2 Å². The minimum atomic E-state index is -0.149. The normalized spacial score (nSPS) is 18.7. The minimum Gasteiger partial charge on any atom is -0.508 e. The second-order valence-electron chi connectivity index (χ2n) is 7.21. The molecule has 1 atom stereocenters. The largest absolute Gasteiger partial charge is 0.508 e. The quantitative estimate of drug-likeness (QED) is 0.621. The van der Waals surface area contributed by atoms with Gasteiger partial charge in [-0.05, 0) is 78.3 Å². The Kier molecular flexibility index (Phi) is 4.08. The summed E-state index contributed by atoms with van der Waals surface area (Å²) < 4.78 is 0. The van der Waals surface area contributed by atoms with Crippen LogP contribution in [0.2, 0.25) is 0 Å². The zero-order valence-electron chi connectivity index (χ0n) is 14.5. The van der Waals surface area contributed by atoms with E-state index in [2.05, 4.69) is 0 Å². The van der Waals surface area contributed by atoms with Gasteiger partial charge in [-0.25, -0.2) is 0 Å². The van der Waals surface area contributed by atoms with E-state index in [1.54, 1.807) is 36.4 Å². The molecule has 3 heteroatoms. The molecule has 26 heavy (non-hydrogen) atoms. The molecule has 3 aromatic rings. The van der Waals surface area contributed by atoms with Crippen LogP contribution in [-0.2, 0) is 5.41 Å². The van der Waals surface area contributed by atoms with Crippen LogP contribution in [0.1, 0.15) is 41.9 Å². The predicted octanol–water partition coefficient (Wildman–Crippen LogP) is 5.06. The third-order valence-corrected chi connectivity index (χ3v) is 5.72. The van der Waals surface area contributed by atoms with Crippen LogP contribution in [0.25, 0.3) is 0 Å². The number of hydrogen-bond donors (Lipinski definition) is 3. The molecule has 1 aliphatic rings. The monoisotopic (exact) mass is 346 g/mol. The summed E-state index contributed by atoms with van der Waals surface area (Å²) in [6.07, 6.45) is 2.99. The fourth-order valence-electron chi connectivity index (χ4n) is 4.33. The van der Waals surface area contributed by atoms with Gasteiger partial charge >= 0.3 is 0 Å². The lowest BCUT2D eigenvalue weighted by molar-refractivity contribution is 0.470. The summed E-state index contributed by atoms with van der Waals surface area (Å²) in [5, 5.41) is 28.9. The van der Waals surface area contributed by atoms with Crippen LogP contribution < -0.4 is 0 Å². The van der Waals surface area contributed by atoms with Gasteiger partial charge in [0.2, 0.25) is 0 Å². The minimum absolute atomic E-state index is 0.149. The molecule has 0 spiro atoms. The lowest BCUT2D eigenvalue weighted by Crippen LogP contribution is -2.24. The molecule has 0 bridgehead atoms. The van der Waals surface area contributed by atoms with E-state index in [0.29, 0.717) is 5.92 Å². The van der Waals surface area contributed by atoms with Crippen molar-refractivity contribution in [3.63, 3.8) is 0 Å². The molecule has 0 amide bonds. The number of benzene rings is 3. The first kappa shape index (κ1) is 16.5. The average Bonchev–Trinajstić information content (AvgIpc) is 3.10. The molecular weight excluding hydrogens is 324 g/mol. The SMILES string of the molecule is Oc1ccc(C2CCC(c3ccc(O)cc3)(c3ccc(O)cc3)C2)cc1. The van der Waals surface area contributed by atoms with Gasteiger partial charge in [-0.2, -0.15) is 0 Å². The molecule has 3 aromatic carbocycles. The van der Waals surface area contributed by atoms with Crippen LogP contribution in [0.4, 0.5) is 0 Å². The van der Waals surface area contributed by atoms with Crippen molar-refractivity contribution in [3.05, 3.63) is 89.5 Å². The summed E-state index contributed by atoms with van der Waals surface area (Å²) in [4.78, 5) is 0. The Labute approximate surface area is 153 Å². The number of phenols is 3. The molecule has 1 aliphatic carbocycles. The molecule has 0 aliphatic heterocycles. The highest BCUT2D eigenvalue weighted by molar-refractivity contribution is 5.45. The molecule has 1 unspecified atom stereocenters. The van der Waals surface area contributed by atoms with E-state index in [-0.39, 0.29) is 22.7 Å². The molecule has 4 rings (SSSR count). The van der Waals surface area contributed by atoms with Gasteiger partial charge in [-0.1, -0.05) is 36.4 Å². The zero-order chi connectivity index (χ0) is 18.1. The van der Waals surface area contributed by atoms with Crippen molar-refractivity contribution in [2.24, 2.45) is 0 Å². The fourth-order valence-corrected chi connectivity index (χ4v) is 4.33. The summed E-state index contributed by atoms with van der Waals surface area (Å²) in [6, 6.07) is 22.5. The van der Waals surface area contributed by atoms with Crippen molar-refractivity contribution in [2.75, 3.05) is 0 Å². The highest BCUT2D eigenvalue weighted by atomic mass is 16.3. The third kappa shape index (κ3) is 2.90. The fraction of sp³-hybridized carbons (Fsp3) is 0.217. The standard InChI is InChI=1S/C23H22O3/c24-20-7-1-16(2-8-20)17-13-14-23(15-17,18-3-9-21(25)10-4-18)19-5-11-22(26)12-6-19/h1-12,17,24-26H,13-15H2. The maximum atomic E-state index is 9.69. The Hall–Kier alpha value is -2.94. The van der Waals surface area contributed by atoms with Crippen molar-refractivity contribution in [3.8, 4) is 17.2 Å². The van der Waals surface area contributed by atoms with Gasteiger partial charge in [0.15, 0.2) is 0 Å². The van der Waals surface area contributed by atoms with E-state index in [0.717, 1.165) is 19.3 Å². The van der Waals surface area contributed by atoms with Crippen LogP contribution >= 0.6 is 0 Å². The van der Waals surface area contributed by atoms with Gasteiger partial charge in [-0.15, -0.1) is 0 Å². The number of phenolic OH excluding ortho intramolecular Hbond substituents is 3. The van der Waals surface area contributed by atoms with E-state index in [4.69, 9.17) is 0 Å². The van der Waals surface area contributed by atoms with Crippen molar-refractivity contribution in [1.82, 2.24) is 0 Å². The highest BCUT2D eigenvalue weighted by Gasteiger charge is 2.42. The van der Waals surface area contributed by atoms with Gasteiger partial charge in [-0.3, -0.25) is 0 Å². The molecule has 1 fully saturated rings. The summed E-state index contributed by atoms with van der Waals surface area (Å²) >= 11 is 0. The zero-order valence-corrected chi connectivity index (χ0v) is 14.5. The van der Waals surface area contributed by atoms with Gasteiger partial charge in [0.05, 0.1) is 0 Å². The topological polar surface area (TPSA) is 60.7 Å². The Morgan fingerprint density at radius 1 is 0.615 bits per heavy atom. The molecule has 3 N–H and O–H groups in total. The lowest BCUT2D eigenvalue weighted by Gasteiger charge is -2.31. The van der Waals surface area contributed by atoms with E-state index < -0.39 is 0 Å². The Morgan fingerprint density at radius 2 is 1.04 bits per heavy atom. The Balaban J connectivity index is 1.76. The smallest absolute Gasteiger partial charge is 0.115 e. The molecular formula is C23H22O3. The maximum Gasteiger partial charge on any atom is 0.115 e. The Bertz CT molecular complexity index is 835. The molecule has 0 heterocycles. The molecule has 1 saturated carbocycles. The van der Waals surface area contributed by atoms with Crippen molar-refractivity contribution in [2.45, 2.75) is 30.6 Å². The predicted molar refractivity (Wildman–Crippen MR) is 102 cm³/mol. The van der Waals surface area contributed by atoms with Gasteiger partial charge in [0.1, 0.15) is 17.2 Å². The van der Waals surface area contributed by atoms with Gasteiger partial charge in [0, 0.05) is 5.41 Å². The summed E-state index contributed by atoms with van der Waals surface area (Å²) in [7, 11) is 0. The molecule has 132 valence electrons. The van der Waals surface area contributed by atoms with Gasteiger partial charge < -0.3 is 15.3 Å². The first-order valence-electron chi connectivity index (χ1n) is 8.95.